The Hall–Kier alpha value is -1.01. The quantitative estimate of drug-likeness (QED) is 0.494. The van der Waals surface area contributed by atoms with Gasteiger partial charge in [-0.05, 0) is 19.3 Å². The second-order valence-electron chi connectivity index (χ2n) is 1.42. The molecule has 62 valence electrons. The van der Waals surface area contributed by atoms with Crippen molar-refractivity contribution in [3.63, 3.8) is 0 Å². The van der Waals surface area contributed by atoms with Crippen LogP contribution < -0.4 is 11.3 Å². The summed E-state index contributed by atoms with van der Waals surface area (Å²) in [6, 6.07) is 0. The molecule has 0 saturated carbocycles. The van der Waals surface area contributed by atoms with E-state index in [9.17, 15) is 9.18 Å². The van der Waals surface area contributed by atoms with Gasteiger partial charge in [-0.15, -0.1) is 0 Å². The normalized spacial score (nSPS) is 8.27. The summed E-state index contributed by atoms with van der Waals surface area (Å²) in [6.45, 7) is 0. The smallest absolute Gasteiger partial charge is 0.287 e. The number of aromatic nitrogens is 2. The number of H-pyrrole nitrogens is 2. The van der Waals surface area contributed by atoms with Crippen LogP contribution in [0.3, 0.4) is 0 Å². The molecule has 0 amide bonds. The van der Waals surface area contributed by atoms with E-state index in [1.165, 1.54) is 7.05 Å². The summed E-state index contributed by atoms with van der Waals surface area (Å²) >= 11 is 4.48. The molecule has 4 nitrogen and oxygen atoms in total. The molecular weight excluding hydrogens is 169 g/mol. The van der Waals surface area contributed by atoms with Gasteiger partial charge in [0.15, 0.2) is 4.77 Å². The summed E-state index contributed by atoms with van der Waals surface area (Å²) < 4.78 is 12.2. The van der Waals surface area contributed by atoms with E-state index in [4.69, 9.17) is 0 Å². The average molecular weight is 177 g/mol. The van der Waals surface area contributed by atoms with Crippen molar-refractivity contribution in [2.24, 2.45) is 5.73 Å². The third kappa shape index (κ3) is 3.06. The molecule has 0 unspecified atom stereocenters. The number of aromatic amines is 2. The molecule has 0 fully saturated rings. The molecular formula is C5H8FN3OS. The topological polar surface area (TPSA) is 74.7 Å². The highest BCUT2D eigenvalue weighted by Gasteiger charge is 1.91. The van der Waals surface area contributed by atoms with E-state index >= 15 is 0 Å². The van der Waals surface area contributed by atoms with Gasteiger partial charge < -0.3 is 10.7 Å². The number of hydrogen-bond donors (Lipinski definition) is 3. The van der Waals surface area contributed by atoms with E-state index in [-0.39, 0.29) is 4.77 Å². The van der Waals surface area contributed by atoms with Gasteiger partial charge in [0, 0.05) is 6.20 Å². The Morgan fingerprint density at radius 2 is 2.18 bits per heavy atom. The molecule has 1 heterocycles. The molecule has 0 aliphatic carbocycles. The molecule has 1 aromatic rings. The van der Waals surface area contributed by atoms with Crippen molar-refractivity contribution < 1.29 is 4.39 Å². The predicted octanol–water partition coefficient (Wildman–Crippen LogP) is 0.146. The minimum Gasteiger partial charge on any atom is -0.336 e. The highest BCUT2D eigenvalue weighted by molar-refractivity contribution is 7.71. The van der Waals surface area contributed by atoms with Crippen molar-refractivity contribution >= 4 is 12.2 Å². The monoisotopic (exact) mass is 177 g/mol. The van der Waals surface area contributed by atoms with Crippen molar-refractivity contribution in [2.45, 2.75) is 0 Å². The maximum atomic E-state index is 12.1. The van der Waals surface area contributed by atoms with Crippen LogP contribution in [0.1, 0.15) is 0 Å². The van der Waals surface area contributed by atoms with Crippen LogP contribution in [-0.4, -0.2) is 17.0 Å². The van der Waals surface area contributed by atoms with Crippen molar-refractivity contribution in [3.8, 4) is 0 Å². The van der Waals surface area contributed by atoms with Crippen LogP contribution in [0.4, 0.5) is 4.39 Å². The van der Waals surface area contributed by atoms with Crippen LogP contribution >= 0.6 is 12.2 Å². The standard InChI is InChI=1S/C4H3FN2OS.CH5N/c5-2-1-6-4(9)7-3(2)8;1-2/h1H,(H2,6,7,8,9);2H2,1H3. The third-order valence-electron chi connectivity index (χ3n) is 0.774. The Balaban J connectivity index is 0.000000461. The fraction of sp³-hybridized carbons (Fsp3) is 0.200. The van der Waals surface area contributed by atoms with Gasteiger partial charge >= 0.3 is 0 Å². The molecule has 11 heavy (non-hydrogen) atoms. The van der Waals surface area contributed by atoms with Crippen LogP contribution in [0.25, 0.3) is 0 Å². The van der Waals surface area contributed by atoms with E-state index < -0.39 is 11.4 Å². The van der Waals surface area contributed by atoms with Gasteiger partial charge in [0.1, 0.15) is 0 Å². The van der Waals surface area contributed by atoms with Crippen LogP contribution in [0.2, 0.25) is 0 Å². The Morgan fingerprint density at radius 1 is 1.64 bits per heavy atom. The molecule has 6 heteroatoms. The fourth-order valence-corrected chi connectivity index (χ4v) is 0.545. The lowest BCUT2D eigenvalue weighted by Crippen LogP contribution is -2.10. The zero-order valence-electron chi connectivity index (χ0n) is 5.85. The Labute approximate surface area is 67.3 Å². The van der Waals surface area contributed by atoms with E-state index in [1.807, 2.05) is 0 Å². The van der Waals surface area contributed by atoms with Gasteiger partial charge in [0.25, 0.3) is 5.56 Å². The Bertz CT molecular complexity index is 318. The molecule has 0 atom stereocenters. The summed E-state index contributed by atoms with van der Waals surface area (Å²) in [5, 5.41) is 0. The molecule has 1 rings (SSSR count). The molecule has 0 radical (unpaired) electrons. The lowest BCUT2D eigenvalue weighted by Gasteiger charge is -1.83. The highest BCUT2D eigenvalue weighted by Crippen LogP contribution is 1.79. The molecule has 0 aliphatic rings. The van der Waals surface area contributed by atoms with E-state index in [0.717, 1.165) is 6.20 Å². The largest absolute Gasteiger partial charge is 0.336 e. The summed E-state index contributed by atoms with van der Waals surface area (Å²) in [7, 11) is 1.50. The first kappa shape index (κ1) is 9.99. The van der Waals surface area contributed by atoms with Crippen molar-refractivity contribution in [3.05, 3.63) is 27.1 Å². The molecule has 0 saturated heterocycles. The van der Waals surface area contributed by atoms with Gasteiger partial charge in [-0.1, -0.05) is 0 Å². The lowest BCUT2D eigenvalue weighted by molar-refractivity contribution is 0.599. The predicted molar refractivity (Wildman–Crippen MR) is 42.3 cm³/mol. The second-order valence-corrected chi connectivity index (χ2v) is 1.83. The van der Waals surface area contributed by atoms with Crippen LogP contribution in [-0.2, 0) is 0 Å². The van der Waals surface area contributed by atoms with Crippen LogP contribution in [0.15, 0.2) is 11.0 Å². The van der Waals surface area contributed by atoms with Gasteiger partial charge in [-0.25, -0.2) is 0 Å². The second kappa shape index (κ2) is 4.75. The summed E-state index contributed by atoms with van der Waals surface area (Å²) in [5.74, 6) is -0.858. The van der Waals surface area contributed by atoms with Crippen LogP contribution in [0.5, 0.6) is 0 Å². The zero-order chi connectivity index (χ0) is 8.85. The number of nitrogens with one attached hydrogen (secondary N) is 2. The van der Waals surface area contributed by atoms with Crippen LogP contribution in [0, 0.1) is 10.6 Å². The van der Waals surface area contributed by atoms with Crippen molar-refractivity contribution in [1.82, 2.24) is 9.97 Å². The van der Waals surface area contributed by atoms with Gasteiger partial charge in [0.05, 0.1) is 0 Å². The first-order valence-corrected chi connectivity index (χ1v) is 3.16. The zero-order valence-corrected chi connectivity index (χ0v) is 6.67. The summed E-state index contributed by atoms with van der Waals surface area (Å²) in [5.41, 5.74) is 3.71. The number of rotatable bonds is 0. The van der Waals surface area contributed by atoms with E-state index in [1.54, 1.807) is 0 Å². The fourth-order valence-electron chi connectivity index (χ4n) is 0.393. The first-order chi connectivity index (χ1) is 5.20. The minimum atomic E-state index is -0.858. The molecule has 4 N–H and O–H groups in total. The lowest BCUT2D eigenvalue weighted by atomic mass is 10.6. The SMILES string of the molecule is CN.O=c1[nH]c(=S)[nH]cc1F. The number of nitrogens with two attached hydrogens (primary N) is 1. The third-order valence-corrected chi connectivity index (χ3v) is 0.994. The summed E-state index contributed by atoms with van der Waals surface area (Å²) in [4.78, 5) is 14.7. The number of hydrogen-bond acceptors (Lipinski definition) is 3. The molecule has 0 spiro atoms. The number of halogens is 1. The van der Waals surface area contributed by atoms with Crippen molar-refractivity contribution in [1.29, 1.82) is 0 Å². The molecule has 1 aromatic heterocycles. The van der Waals surface area contributed by atoms with E-state index in [0.29, 0.717) is 0 Å². The van der Waals surface area contributed by atoms with Gasteiger partial charge in [-0.3, -0.25) is 9.78 Å². The van der Waals surface area contributed by atoms with Gasteiger partial charge in [0.2, 0.25) is 5.82 Å². The average Bonchev–Trinajstić information content (AvgIpc) is 2.02. The Kier molecular flexibility index (Phi) is 4.32. The van der Waals surface area contributed by atoms with E-state index in [2.05, 4.69) is 27.9 Å². The molecule has 0 aromatic carbocycles. The molecule has 0 bridgehead atoms. The maximum absolute atomic E-state index is 12.1. The summed E-state index contributed by atoms with van der Waals surface area (Å²) in [6.07, 6.45) is 0.918. The maximum Gasteiger partial charge on any atom is 0.287 e. The highest BCUT2D eigenvalue weighted by atomic mass is 32.1. The van der Waals surface area contributed by atoms with Crippen molar-refractivity contribution in [2.75, 3.05) is 7.05 Å². The Morgan fingerprint density at radius 3 is 2.55 bits per heavy atom. The first-order valence-electron chi connectivity index (χ1n) is 2.75. The molecule has 0 aliphatic heterocycles. The van der Waals surface area contributed by atoms with Gasteiger partial charge in [-0.2, -0.15) is 4.39 Å². The minimum absolute atomic E-state index is 0.126.